The van der Waals surface area contributed by atoms with Gasteiger partial charge in [0.25, 0.3) is 5.56 Å². The molecule has 0 saturated heterocycles. The third-order valence-corrected chi connectivity index (χ3v) is 4.47. The first-order chi connectivity index (χ1) is 13.0. The van der Waals surface area contributed by atoms with Gasteiger partial charge in [-0.3, -0.25) is 19.4 Å². The summed E-state index contributed by atoms with van der Waals surface area (Å²) in [5.74, 6) is -0.974. The summed E-state index contributed by atoms with van der Waals surface area (Å²) in [6.07, 6.45) is 5.21. The Morgan fingerprint density at radius 3 is 2.85 bits per heavy atom. The highest BCUT2D eigenvalue weighted by Gasteiger charge is 2.21. The minimum absolute atomic E-state index is 0.188. The van der Waals surface area contributed by atoms with Gasteiger partial charge in [0.15, 0.2) is 0 Å². The van der Waals surface area contributed by atoms with Gasteiger partial charge in [-0.15, -0.1) is 0 Å². The molecule has 0 aromatic carbocycles. The zero-order valence-corrected chi connectivity index (χ0v) is 15.6. The second-order valence-electron chi connectivity index (χ2n) is 6.67. The average Bonchev–Trinajstić information content (AvgIpc) is 3.25. The van der Waals surface area contributed by atoms with Crippen LogP contribution in [0.1, 0.15) is 49.6 Å². The number of nitrogens with one attached hydrogen (secondary N) is 3. The highest BCUT2D eigenvalue weighted by molar-refractivity contribution is 6.39. The summed E-state index contributed by atoms with van der Waals surface area (Å²) in [7, 11) is 0. The van der Waals surface area contributed by atoms with Gasteiger partial charge in [0.2, 0.25) is 5.95 Å². The molecule has 3 rings (SSSR count). The van der Waals surface area contributed by atoms with Crippen molar-refractivity contribution in [3.05, 3.63) is 33.4 Å². The van der Waals surface area contributed by atoms with E-state index in [2.05, 4.69) is 32.6 Å². The van der Waals surface area contributed by atoms with Gasteiger partial charge in [0.05, 0.1) is 11.4 Å². The molecular weight excluding hydrogens is 348 g/mol. The molecule has 0 bridgehead atoms. The van der Waals surface area contributed by atoms with Gasteiger partial charge in [-0.05, 0) is 32.6 Å². The fourth-order valence-electron chi connectivity index (χ4n) is 3.11. The summed E-state index contributed by atoms with van der Waals surface area (Å²) < 4.78 is 1.34. The van der Waals surface area contributed by atoms with E-state index in [1.165, 1.54) is 4.68 Å². The van der Waals surface area contributed by atoms with Crippen molar-refractivity contribution in [3.63, 3.8) is 0 Å². The maximum atomic E-state index is 12.2. The number of unbranched alkanes of at least 4 members (excludes halogenated alkanes) is 2. The van der Waals surface area contributed by atoms with E-state index in [1.807, 2.05) is 0 Å². The standard InChI is InChI=1S/C18H24N6O3/c1-3-4-5-9-19-16(26)17(27)21-14-10-11(2)23-24(14)18-20-13-8-6-7-12(13)15(25)22-18/h10H,3-9H2,1-2H3,(H,19,26)(H,21,27)(H,20,22,25). The molecule has 0 fully saturated rings. The van der Waals surface area contributed by atoms with Gasteiger partial charge in [-0.2, -0.15) is 9.78 Å². The van der Waals surface area contributed by atoms with Gasteiger partial charge in [-0.25, -0.2) is 4.98 Å². The van der Waals surface area contributed by atoms with Gasteiger partial charge in [0, 0.05) is 18.2 Å². The van der Waals surface area contributed by atoms with Crippen molar-refractivity contribution in [2.24, 2.45) is 0 Å². The lowest BCUT2D eigenvalue weighted by molar-refractivity contribution is -0.136. The smallest absolute Gasteiger partial charge is 0.314 e. The Morgan fingerprint density at radius 1 is 1.26 bits per heavy atom. The molecule has 0 atom stereocenters. The molecule has 0 unspecified atom stereocenters. The minimum Gasteiger partial charge on any atom is -0.348 e. The zero-order chi connectivity index (χ0) is 19.4. The third kappa shape index (κ3) is 4.24. The van der Waals surface area contributed by atoms with E-state index in [0.29, 0.717) is 17.8 Å². The molecule has 2 heterocycles. The normalized spacial score (nSPS) is 12.7. The van der Waals surface area contributed by atoms with Gasteiger partial charge >= 0.3 is 11.8 Å². The predicted molar refractivity (Wildman–Crippen MR) is 99.9 cm³/mol. The van der Waals surface area contributed by atoms with E-state index < -0.39 is 11.8 Å². The molecule has 2 aromatic rings. The van der Waals surface area contributed by atoms with Crippen LogP contribution in [0.3, 0.4) is 0 Å². The molecule has 0 aliphatic heterocycles. The zero-order valence-electron chi connectivity index (χ0n) is 15.6. The number of nitrogens with zero attached hydrogens (tertiary/aromatic N) is 3. The monoisotopic (exact) mass is 372 g/mol. The topological polar surface area (TPSA) is 122 Å². The molecular formula is C18H24N6O3. The summed E-state index contributed by atoms with van der Waals surface area (Å²) in [6.45, 7) is 4.27. The highest BCUT2D eigenvalue weighted by atomic mass is 16.2. The number of rotatable bonds is 6. The molecule has 0 saturated carbocycles. The lowest BCUT2D eigenvalue weighted by Crippen LogP contribution is -2.36. The first-order valence-electron chi connectivity index (χ1n) is 9.28. The number of carbonyl (C=O) groups is 2. The number of fused-ring (bicyclic) bond motifs is 1. The molecule has 1 aliphatic carbocycles. The predicted octanol–water partition coefficient (Wildman–Crippen LogP) is 0.998. The van der Waals surface area contributed by atoms with E-state index in [-0.39, 0.29) is 17.3 Å². The fourth-order valence-corrected chi connectivity index (χ4v) is 3.11. The van der Waals surface area contributed by atoms with Crippen molar-refractivity contribution in [2.45, 2.75) is 52.4 Å². The van der Waals surface area contributed by atoms with E-state index in [0.717, 1.165) is 44.2 Å². The quantitative estimate of drug-likeness (QED) is 0.516. The van der Waals surface area contributed by atoms with Crippen LogP contribution in [0.4, 0.5) is 5.82 Å². The van der Waals surface area contributed by atoms with Crippen LogP contribution in [0.25, 0.3) is 5.95 Å². The average molecular weight is 372 g/mol. The molecule has 2 amide bonds. The summed E-state index contributed by atoms with van der Waals surface area (Å²) in [5.41, 5.74) is 1.90. The first-order valence-corrected chi connectivity index (χ1v) is 9.28. The Hall–Kier alpha value is -2.97. The van der Waals surface area contributed by atoms with Crippen LogP contribution in [0.15, 0.2) is 10.9 Å². The van der Waals surface area contributed by atoms with Crippen molar-refractivity contribution in [3.8, 4) is 5.95 Å². The lowest BCUT2D eigenvalue weighted by Gasteiger charge is -2.09. The van der Waals surface area contributed by atoms with Crippen molar-refractivity contribution < 1.29 is 9.59 Å². The number of H-pyrrole nitrogens is 1. The number of aromatic nitrogens is 4. The molecule has 9 nitrogen and oxygen atoms in total. The molecule has 0 spiro atoms. The number of anilines is 1. The summed E-state index contributed by atoms with van der Waals surface area (Å²) in [4.78, 5) is 43.5. The van der Waals surface area contributed by atoms with Crippen LogP contribution in [-0.4, -0.2) is 38.1 Å². The number of aromatic amines is 1. The van der Waals surface area contributed by atoms with Crippen molar-refractivity contribution in [1.82, 2.24) is 25.1 Å². The Balaban J connectivity index is 1.77. The molecule has 3 N–H and O–H groups in total. The number of hydrogen-bond donors (Lipinski definition) is 3. The Kier molecular flexibility index (Phi) is 5.68. The first kappa shape index (κ1) is 18.8. The van der Waals surface area contributed by atoms with Crippen molar-refractivity contribution in [1.29, 1.82) is 0 Å². The molecule has 1 aliphatic rings. The molecule has 9 heteroatoms. The van der Waals surface area contributed by atoms with Gasteiger partial charge in [0.1, 0.15) is 5.82 Å². The lowest BCUT2D eigenvalue weighted by atomic mass is 10.2. The highest BCUT2D eigenvalue weighted by Crippen LogP contribution is 2.19. The minimum atomic E-state index is -0.781. The Morgan fingerprint density at radius 2 is 2.07 bits per heavy atom. The molecule has 2 aromatic heterocycles. The summed E-state index contributed by atoms with van der Waals surface area (Å²) in [5, 5.41) is 9.42. The van der Waals surface area contributed by atoms with E-state index in [4.69, 9.17) is 0 Å². The maximum Gasteiger partial charge on any atom is 0.314 e. The Bertz CT molecular complexity index is 914. The second kappa shape index (κ2) is 8.15. The van der Waals surface area contributed by atoms with Crippen LogP contribution in [-0.2, 0) is 22.4 Å². The van der Waals surface area contributed by atoms with Crippen LogP contribution in [0, 0.1) is 6.92 Å². The molecule has 144 valence electrons. The van der Waals surface area contributed by atoms with E-state index >= 15 is 0 Å². The van der Waals surface area contributed by atoms with Crippen molar-refractivity contribution >= 4 is 17.6 Å². The number of hydrogen-bond acceptors (Lipinski definition) is 5. The third-order valence-electron chi connectivity index (χ3n) is 4.47. The van der Waals surface area contributed by atoms with Crippen molar-refractivity contribution in [2.75, 3.05) is 11.9 Å². The van der Waals surface area contributed by atoms with E-state index in [1.54, 1.807) is 13.0 Å². The largest absolute Gasteiger partial charge is 0.348 e. The van der Waals surface area contributed by atoms with Gasteiger partial charge < -0.3 is 10.6 Å². The van der Waals surface area contributed by atoms with Gasteiger partial charge in [-0.1, -0.05) is 19.8 Å². The molecule has 27 heavy (non-hydrogen) atoms. The summed E-state index contributed by atoms with van der Waals surface area (Å²) in [6, 6.07) is 1.62. The van der Waals surface area contributed by atoms with Crippen LogP contribution >= 0.6 is 0 Å². The number of aryl methyl sites for hydroxylation is 2. The molecule has 0 radical (unpaired) electrons. The van der Waals surface area contributed by atoms with Crippen LogP contribution in [0.2, 0.25) is 0 Å². The van der Waals surface area contributed by atoms with Crippen LogP contribution < -0.4 is 16.2 Å². The SMILES string of the molecule is CCCCCNC(=O)C(=O)Nc1cc(C)nn1-c1nc2c(c(=O)[nH]1)CCC2. The summed E-state index contributed by atoms with van der Waals surface area (Å²) >= 11 is 0. The number of amides is 2. The second-order valence-corrected chi connectivity index (χ2v) is 6.67. The van der Waals surface area contributed by atoms with Crippen LogP contribution in [0.5, 0.6) is 0 Å². The number of carbonyl (C=O) groups excluding carboxylic acids is 2. The van der Waals surface area contributed by atoms with E-state index in [9.17, 15) is 14.4 Å². The Labute approximate surface area is 156 Å². The fraction of sp³-hybridized carbons (Fsp3) is 0.500. The maximum absolute atomic E-state index is 12.2.